The average Bonchev–Trinajstić information content (AvgIpc) is 2.95. The highest BCUT2D eigenvalue weighted by Gasteiger charge is 2.14. The van der Waals surface area contributed by atoms with Crippen LogP contribution in [0.3, 0.4) is 0 Å². The van der Waals surface area contributed by atoms with Crippen molar-refractivity contribution in [2.24, 2.45) is 7.05 Å². The van der Waals surface area contributed by atoms with Crippen molar-refractivity contribution in [1.29, 1.82) is 0 Å². The van der Waals surface area contributed by atoms with E-state index in [1.54, 1.807) is 24.3 Å². The molecule has 7 heteroatoms. The summed E-state index contributed by atoms with van der Waals surface area (Å²) in [5, 5.41) is 0.836. The Kier molecular flexibility index (Phi) is 4.26. The zero-order valence-electron chi connectivity index (χ0n) is 14.0. The minimum atomic E-state index is -3.27. The van der Waals surface area contributed by atoms with Gasteiger partial charge in [-0.2, -0.15) is 0 Å². The van der Waals surface area contributed by atoms with Crippen LogP contribution in [-0.4, -0.2) is 32.3 Å². The average molecular weight is 359 g/mol. The molecule has 0 atom stereocenters. The summed E-state index contributed by atoms with van der Waals surface area (Å²) in [5.74, 6) is 0.505. The molecule has 0 bridgehead atoms. The predicted molar refractivity (Wildman–Crippen MR) is 93.9 cm³/mol. The van der Waals surface area contributed by atoms with Gasteiger partial charge in [0.05, 0.1) is 23.1 Å². The molecule has 0 N–H and O–H groups in total. The molecular weight excluding hydrogens is 342 g/mol. The highest BCUT2D eigenvalue weighted by atomic mass is 32.2. The lowest BCUT2D eigenvalue weighted by Crippen LogP contribution is -2.02. The fraction of sp³-hybridized carbons (Fsp3) is 0.167. The van der Waals surface area contributed by atoms with Gasteiger partial charge in [0.1, 0.15) is 11.5 Å². The van der Waals surface area contributed by atoms with Gasteiger partial charge in [0, 0.05) is 24.9 Å². The largest absolute Gasteiger partial charge is 0.465 e. The van der Waals surface area contributed by atoms with Crippen LogP contribution < -0.4 is 4.74 Å². The summed E-state index contributed by atoms with van der Waals surface area (Å²) in [7, 11) is -0.0747. The van der Waals surface area contributed by atoms with Gasteiger partial charge in [0.25, 0.3) is 0 Å². The predicted octanol–water partition coefficient (Wildman–Crippen LogP) is 3.16. The summed E-state index contributed by atoms with van der Waals surface area (Å²) in [6.07, 6.45) is 3.02. The molecule has 0 radical (unpaired) electrons. The van der Waals surface area contributed by atoms with Crippen LogP contribution in [0.4, 0.5) is 0 Å². The highest BCUT2D eigenvalue weighted by molar-refractivity contribution is 7.90. The van der Waals surface area contributed by atoms with Crippen molar-refractivity contribution in [1.82, 2.24) is 4.57 Å². The number of carbonyl (C=O) groups is 1. The Morgan fingerprint density at radius 2 is 1.76 bits per heavy atom. The molecule has 1 aromatic heterocycles. The number of carbonyl (C=O) groups excluding carboxylic acids is 1. The van der Waals surface area contributed by atoms with E-state index in [4.69, 9.17) is 9.47 Å². The lowest BCUT2D eigenvalue weighted by Gasteiger charge is -2.10. The fourth-order valence-electron chi connectivity index (χ4n) is 2.54. The number of aryl methyl sites for hydroxylation is 1. The smallest absolute Gasteiger partial charge is 0.338 e. The van der Waals surface area contributed by atoms with Gasteiger partial charge in [-0.15, -0.1) is 0 Å². The van der Waals surface area contributed by atoms with E-state index in [9.17, 15) is 13.2 Å². The van der Waals surface area contributed by atoms with E-state index in [0.717, 1.165) is 17.2 Å². The second-order valence-electron chi connectivity index (χ2n) is 5.67. The molecule has 6 nitrogen and oxygen atoms in total. The third-order valence-electron chi connectivity index (χ3n) is 3.87. The number of methoxy groups -OCH3 is 1. The van der Waals surface area contributed by atoms with Crippen LogP contribution in [0.2, 0.25) is 0 Å². The van der Waals surface area contributed by atoms with Gasteiger partial charge >= 0.3 is 5.97 Å². The van der Waals surface area contributed by atoms with Crippen molar-refractivity contribution >= 4 is 26.7 Å². The van der Waals surface area contributed by atoms with E-state index >= 15 is 0 Å². The van der Waals surface area contributed by atoms with Gasteiger partial charge in [0.2, 0.25) is 0 Å². The topological polar surface area (TPSA) is 74.6 Å². The molecule has 0 aliphatic carbocycles. The van der Waals surface area contributed by atoms with E-state index in [1.165, 1.54) is 19.2 Å². The maximum Gasteiger partial charge on any atom is 0.338 e. The molecule has 25 heavy (non-hydrogen) atoms. The maximum atomic E-state index is 11.9. The van der Waals surface area contributed by atoms with Crippen molar-refractivity contribution in [2.45, 2.75) is 4.90 Å². The van der Waals surface area contributed by atoms with Crippen molar-refractivity contribution < 1.29 is 22.7 Å². The van der Waals surface area contributed by atoms with Crippen molar-refractivity contribution in [2.75, 3.05) is 13.4 Å². The number of benzene rings is 2. The molecule has 3 aromatic rings. The highest BCUT2D eigenvalue weighted by Crippen LogP contribution is 2.32. The van der Waals surface area contributed by atoms with E-state index in [-0.39, 0.29) is 4.90 Å². The van der Waals surface area contributed by atoms with E-state index < -0.39 is 15.8 Å². The molecular formula is C18H17NO5S. The van der Waals surface area contributed by atoms with Crippen molar-refractivity contribution in [3.05, 3.63) is 54.2 Å². The Bertz CT molecular complexity index is 1050. The second kappa shape index (κ2) is 6.25. The summed E-state index contributed by atoms with van der Waals surface area (Å²) in [4.78, 5) is 12.1. The van der Waals surface area contributed by atoms with Crippen molar-refractivity contribution in [3.8, 4) is 11.5 Å². The number of fused-ring (bicyclic) bond motifs is 1. The molecule has 130 valence electrons. The first-order chi connectivity index (χ1) is 11.8. The molecule has 0 spiro atoms. The minimum Gasteiger partial charge on any atom is -0.465 e. The summed E-state index contributed by atoms with van der Waals surface area (Å²) >= 11 is 0. The number of rotatable bonds is 4. The number of ether oxygens (including phenoxy) is 2. The lowest BCUT2D eigenvalue weighted by molar-refractivity contribution is 0.0600. The molecule has 0 fully saturated rings. The monoisotopic (exact) mass is 359 g/mol. The molecule has 1 heterocycles. The molecule has 0 saturated heterocycles. The van der Waals surface area contributed by atoms with Crippen LogP contribution in [0.15, 0.2) is 53.6 Å². The SMILES string of the molecule is COC(=O)c1cc(Oc2ccc(S(C)(=O)=O)cc2)c2ccn(C)c2c1. The van der Waals surface area contributed by atoms with Crippen LogP contribution in [0.5, 0.6) is 11.5 Å². The second-order valence-corrected chi connectivity index (χ2v) is 7.69. The van der Waals surface area contributed by atoms with Crippen LogP contribution in [0.25, 0.3) is 10.9 Å². The van der Waals surface area contributed by atoms with Gasteiger partial charge in [-0.3, -0.25) is 0 Å². The number of sulfone groups is 1. The molecule has 0 aliphatic heterocycles. The van der Waals surface area contributed by atoms with Gasteiger partial charge in [-0.1, -0.05) is 0 Å². The number of aromatic nitrogens is 1. The number of hydrogen-bond donors (Lipinski definition) is 0. The molecule has 0 amide bonds. The Morgan fingerprint density at radius 3 is 2.36 bits per heavy atom. The Labute approximate surface area is 145 Å². The van der Waals surface area contributed by atoms with Crippen LogP contribution in [0.1, 0.15) is 10.4 Å². The van der Waals surface area contributed by atoms with Gasteiger partial charge in [0.15, 0.2) is 9.84 Å². The third-order valence-corrected chi connectivity index (χ3v) is 4.99. The summed E-state index contributed by atoms with van der Waals surface area (Å²) in [6, 6.07) is 11.4. The Morgan fingerprint density at radius 1 is 1.08 bits per heavy atom. The third kappa shape index (κ3) is 3.36. The van der Waals surface area contributed by atoms with Gasteiger partial charge in [-0.05, 0) is 42.5 Å². The first-order valence-corrected chi connectivity index (χ1v) is 9.34. The summed E-state index contributed by atoms with van der Waals surface area (Å²) < 4.78 is 35.6. The minimum absolute atomic E-state index is 0.216. The van der Waals surface area contributed by atoms with Crippen LogP contribution in [-0.2, 0) is 21.6 Å². The molecule has 0 saturated carbocycles. The number of hydrogen-bond acceptors (Lipinski definition) is 5. The first-order valence-electron chi connectivity index (χ1n) is 7.45. The fourth-order valence-corrected chi connectivity index (χ4v) is 3.17. The van der Waals surface area contributed by atoms with Crippen LogP contribution >= 0.6 is 0 Å². The zero-order valence-corrected chi connectivity index (χ0v) is 14.8. The number of esters is 1. The van der Waals surface area contributed by atoms with E-state index in [2.05, 4.69) is 0 Å². The van der Waals surface area contributed by atoms with Gasteiger partial charge < -0.3 is 14.0 Å². The Balaban J connectivity index is 2.04. The summed E-state index contributed by atoms with van der Waals surface area (Å²) in [5.41, 5.74) is 1.20. The maximum absolute atomic E-state index is 11.9. The standard InChI is InChI=1S/C18H17NO5S/c1-19-9-8-15-16(19)10-12(18(20)23-2)11-17(15)24-13-4-6-14(7-5-13)25(3,21)22/h4-11H,1-3H3. The van der Waals surface area contributed by atoms with E-state index in [0.29, 0.717) is 17.1 Å². The molecule has 2 aromatic carbocycles. The first kappa shape index (κ1) is 17.0. The normalized spacial score (nSPS) is 11.5. The zero-order chi connectivity index (χ0) is 18.2. The molecule has 0 unspecified atom stereocenters. The molecule has 3 rings (SSSR count). The number of nitrogens with zero attached hydrogens (tertiary/aromatic N) is 1. The quantitative estimate of drug-likeness (QED) is 0.669. The van der Waals surface area contributed by atoms with Crippen molar-refractivity contribution in [3.63, 3.8) is 0 Å². The Hall–Kier alpha value is -2.80. The van der Waals surface area contributed by atoms with Gasteiger partial charge in [-0.25, -0.2) is 13.2 Å². The van der Waals surface area contributed by atoms with E-state index in [1.807, 2.05) is 23.9 Å². The summed E-state index contributed by atoms with van der Waals surface area (Å²) in [6.45, 7) is 0. The molecule has 0 aliphatic rings. The van der Waals surface area contributed by atoms with Crippen LogP contribution in [0, 0.1) is 0 Å². The lowest BCUT2D eigenvalue weighted by atomic mass is 10.1.